The van der Waals surface area contributed by atoms with Crippen molar-refractivity contribution in [3.05, 3.63) is 75.1 Å². The molecule has 0 saturated heterocycles. The van der Waals surface area contributed by atoms with Gasteiger partial charge in [0.25, 0.3) is 5.56 Å². The summed E-state index contributed by atoms with van der Waals surface area (Å²) in [4.78, 5) is 15.3. The Kier molecular flexibility index (Phi) is 4.67. The molecule has 2 aromatic carbocycles. The molecule has 0 aliphatic heterocycles. The molecule has 0 atom stereocenters. The Morgan fingerprint density at radius 1 is 1.04 bits per heavy atom. The van der Waals surface area contributed by atoms with Gasteiger partial charge in [-0.25, -0.2) is 0 Å². The first-order valence-electron chi connectivity index (χ1n) is 8.03. The molecule has 0 bridgehead atoms. The first-order valence-corrected chi connectivity index (χ1v) is 8.03. The van der Waals surface area contributed by atoms with Crippen LogP contribution in [0.15, 0.2) is 47.3 Å². The van der Waals surface area contributed by atoms with Crippen molar-refractivity contribution in [1.29, 1.82) is 0 Å². The number of aryl methyl sites for hydroxylation is 2. The summed E-state index contributed by atoms with van der Waals surface area (Å²) in [6.07, 6.45) is 0. The number of nitrogens with one attached hydrogen (secondary N) is 2. The number of benzene rings is 2. The van der Waals surface area contributed by atoms with E-state index < -0.39 is 0 Å². The second-order valence-electron chi connectivity index (χ2n) is 6.12. The second kappa shape index (κ2) is 6.89. The van der Waals surface area contributed by atoms with Gasteiger partial charge in [0.1, 0.15) is 5.75 Å². The zero-order valence-electron chi connectivity index (χ0n) is 14.3. The van der Waals surface area contributed by atoms with Crippen molar-refractivity contribution in [3.8, 4) is 5.75 Å². The maximum absolute atomic E-state index is 12.3. The average molecular weight is 322 g/mol. The van der Waals surface area contributed by atoms with Gasteiger partial charge in [-0.2, -0.15) is 0 Å². The van der Waals surface area contributed by atoms with E-state index in [1.54, 1.807) is 7.11 Å². The fourth-order valence-electron chi connectivity index (χ4n) is 2.93. The van der Waals surface area contributed by atoms with Gasteiger partial charge in [-0.1, -0.05) is 18.2 Å². The fourth-order valence-corrected chi connectivity index (χ4v) is 2.93. The van der Waals surface area contributed by atoms with Gasteiger partial charge >= 0.3 is 0 Å². The summed E-state index contributed by atoms with van der Waals surface area (Å²) < 4.78 is 5.15. The number of H-pyrrole nitrogens is 1. The van der Waals surface area contributed by atoms with Gasteiger partial charge in [-0.05, 0) is 54.8 Å². The number of hydrogen-bond donors (Lipinski definition) is 2. The molecule has 124 valence electrons. The van der Waals surface area contributed by atoms with Crippen molar-refractivity contribution in [2.45, 2.75) is 26.9 Å². The van der Waals surface area contributed by atoms with E-state index in [1.165, 1.54) is 5.56 Å². The van der Waals surface area contributed by atoms with E-state index >= 15 is 0 Å². The topological polar surface area (TPSA) is 54.1 Å². The highest BCUT2D eigenvalue weighted by Crippen LogP contribution is 2.18. The van der Waals surface area contributed by atoms with Crippen LogP contribution < -0.4 is 15.6 Å². The molecule has 1 heterocycles. The lowest BCUT2D eigenvalue weighted by atomic mass is 10.0. The van der Waals surface area contributed by atoms with Crippen molar-refractivity contribution >= 4 is 10.9 Å². The third-order valence-electron chi connectivity index (χ3n) is 4.19. The fraction of sp³-hybridized carbons (Fsp3) is 0.250. The first-order chi connectivity index (χ1) is 11.6. The van der Waals surface area contributed by atoms with Crippen molar-refractivity contribution in [2.75, 3.05) is 7.11 Å². The quantitative estimate of drug-likeness (QED) is 0.756. The molecule has 24 heavy (non-hydrogen) atoms. The number of aromatic nitrogens is 1. The van der Waals surface area contributed by atoms with E-state index in [2.05, 4.69) is 23.3 Å². The number of aromatic amines is 1. The van der Waals surface area contributed by atoms with Crippen molar-refractivity contribution in [3.63, 3.8) is 0 Å². The minimum absolute atomic E-state index is 0.0327. The number of hydrogen-bond acceptors (Lipinski definition) is 3. The molecule has 0 saturated carbocycles. The Balaban J connectivity index is 1.75. The van der Waals surface area contributed by atoms with Crippen LogP contribution in [0.25, 0.3) is 10.9 Å². The molecule has 4 heteroatoms. The summed E-state index contributed by atoms with van der Waals surface area (Å²) in [5.41, 5.74) is 5.10. The highest BCUT2D eigenvalue weighted by Gasteiger charge is 2.06. The summed E-state index contributed by atoms with van der Waals surface area (Å²) in [5.74, 6) is 0.843. The van der Waals surface area contributed by atoms with Crippen LogP contribution in [-0.2, 0) is 13.1 Å². The van der Waals surface area contributed by atoms with E-state index in [0.717, 1.165) is 33.3 Å². The third-order valence-corrected chi connectivity index (χ3v) is 4.19. The van der Waals surface area contributed by atoms with Gasteiger partial charge in [-0.3, -0.25) is 4.79 Å². The standard InChI is InChI=1S/C20H22N2O2/c1-13-8-14(2)18-10-16(20(23)22-19(18)9-13)12-21-11-15-4-6-17(24-3)7-5-15/h4-10,21H,11-12H2,1-3H3,(H,22,23). The Hall–Kier alpha value is -2.59. The minimum atomic E-state index is -0.0327. The average Bonchev–Trinajstić information content (AvgIpc) is 2.56. The molecule has 0 aliphatic rings. The number of methoxy groups -OCH3 is 1. The summed E-state index contributed by atoms with van der Waals surface area (Å²) in [6.45, 7) is 5.34. The lowest BCUT2D eigenvalue weighted by Crippen LogP contribution is -2.20. The SMILES string of the molecule is COc1ccc(CNCc2cc3c(C)cc(C)cc3[nH]c2=O)cc1. The van der Waals surface area contributed by atoms with Gasteiger partial charge in [0.05, 0.1) is 7.11 Å². The van der Waals surface area contributed by atoms with E-state index in [-0.39, 0.29) is 5.56 Å². The molecule has 3 rings (SSSR count). The lowest BCUT2D eigenvalue weighted by Gasteiger charge is -2.09. The van der Waals surface area contributed by atoms with Crippen LogP contribution in [0.3, 0.4) is 0 Å². The van der Waals surface area contributed by atoms with Crippen molar-refractivity contribution in [2.24, 2.45) is 0 Å². The van der Waals surface area contributed by atoms with Crippen molar-refractivity contribution < 1.29 is 4.74 Å². The molecule has 0 unspecified atom stereocenters. The summed E-state index contributed by atoms with van der Waals surface area (Å²) >= 11 is 0. The molecule has 2 N–H and O–H groups in total. The minimum Gasteiger partial charge on any atom is -0.497 e. The van der Waals surface area contributed by atoms with Crippen LogP contribution >= 0.6 is 0 Å². The van der Waals surface area contributed by atoms with E-state index in [1.807, 2.05) is 43.3 Å². The molecule has 0 spiro atoms. The Labute approximate surface area is 141 Å². The van der Waals surface area contributed by atoms with E-state index in [9.17, 15) is 4.79 Å². The van der Waals surface area contributed by atoms with Gasteiger partial charge in [0, 0.05) is 29.6 Å². The van der Waals surface area contributed by atoms with Crippen LogP contribution in [0.1, 0.15) is 22.3 Å². The maximum atomic E-state index is 12.3. The predicted octanol–water partition coefficient (Wildman–Crippen LogP) is 3.44. The van der Waals surface area contributed by atoms with E-state index in [4.69, 9.17) is 4.74 Å². The van der Waals surface area contributed by atoms with Crippen LogP contribution in [0.2, 0.25) is 0 Å². The zero-order chi connectivity index (χ0) is 17.1. The number of rotatable bonds is 5. The Bertz CT molecular complexity index is 911. The predicted molar refractivity (Wildman–Crippen MR) is 97.6 cm³/mol. The van der Waals surface area contributed by atoms with Crippen LogP contribution in [0, 0.1) is 13.8 Å². The maximum Gasteiger partial charge on any atom is 0.252 e. The second-order valence-corrected chi connectivity index (χ2v) is 6.12. The molecule has 0 fully saturated rings. The Morgan fingerprint density at radius 2 is 1.79 bits per heavy atom. The molecule has 0 amide bonds. The molecule has 1 aromatic heterocycles. The summed E-state index contributed by atoms with van der Waals surface area (Å²) in [7, 11) is 1.66. The lowest BCUT2D eigenvalue weighted by molar-refractivity contribution is 0.414. The molecule has 4 nitrogen and oxygen atoms in total. The Morgan fingerprint density at radius 3 is 2.50 bits per heavy atom. The number of fused-ring (bicyclic) bond motifs is 1. The van der Waals surface area contributed by atoms with Crippen LogP contribution in [0.4, 0.5) is 0 Å². The van der Waals surface area contributed by atoms with Gasteiger partial charge in [0.15, 0.2) is 0 Å². The van der Waals surface area contributed by atoms with Crippen LogP contribution in [-0.4, -0.2) is 12.1 Å². The smallest absolute Gasteiger partial charge is 0.252 e. The first kappa shape index (κ1) is 16.3. The molecular weight excluding hydrogens is 300 g/mol. The molecule has 0 radical (unpaired) electrons. The molecule has 3 aromatic rings. The van der Waals surface area contributed by atoms with Crippen LogP contribution in [0.5, 0.6) is 5.75 Å². The summed E-state index contributed by atoms with van der Waals surface area (Å²) in [5, 5.41) is 4.43. The van der Waals surface area contributed by atoms with Gasteiger partial charge in [-0.15, -0.1) is 0 Å². The number of pyridine rings is 1. The summed E-state index contributed by atoms with van der Waals surface area (Å²) in [6, 6.07) is 14.0. The molecule has 0 aliphatic carbocycles. The van der Waals surface area contributed by atoms with E-state index in [0.29, 0.717) is 13.1 Å². The van der Waals surface area contributed by atoms with Gasteiger partial charge < -0.3 is 15.0 Å². The number of ether oxygens (including phenoxy) is 1. The highest BCUT2D eigenvalue weighted by atomic mass is 16.5. The molecular formula is C20H22N2O2. The normalized spacial score (nSPS) is 11.0. The monoisotopic (exact) mass is 322 g/mol. The zero-order valence-corrected chi connectivity index (χ0v) is 14.3. The van der Waals surface area contributed by atoms with Crippen molar-refractivity contribution in [1.82, 2.24) is 10.3 Å². The highest BCUT2D eigenvalue weighted by molar-refractivity contribution is 5.83. The third kappa shape index (κ3) is 3.49. The van der Waals surface area contributed by atoms with Gasteiger partial charge in [0.2, 0.25) is 0 Å². The largest absolute Gasteiger partial charge is 0.497 e.